The maximum atomic E-state index is 11.9. The average Bonchev–Trinajstić information content (AvgIpc) is 3.08. The molecule has 0 amide bonds. The maximum Gasteiger partial charge on any atom is 0.309 e. The molecule has 1 aliphatic heterocycles. The highest BCUT2D eigenvalue weighted by atomic mass is 32.1. The Bertz CT molecular complexity index is 579. The molecule has 0 bridgehead atoms. The normalized spacial score (nSPS) is 16.0. The quantitative estimate of drug-likeness (QED) is 0.471. The number of aliphatic imine (C=N–C) groups is 1. The Morgan fingerprint density at radius 1 is 1.44 bits per heavy atom. The minimum Gasteiger partial charge on any atom is -0.466 e. The van der Waals surface area contributed by atoms with Gasteiger partial charge in [0.15, 0.2) is 11.1 Å². The molecule has 2 heterocycles. The summed E-state index contributed by atoms with van der Waals surface area (Å²) in [5.74, 6) is 0.840. The second-order valence-electron chi connectivity index (χ2n) is 6.20. The van der Waals surface area contributed by atoms with Gasteiger partial charge in [0.1, 0.15) is 0 Å². The van der Waals surface area contributed by atoms with Crippen molar-refractivity contribution >= 4 is 28.4 Å². The summed E-state index contributed by atoms with van der Waals surface area (Å²) in [6.07, 6.45) is 1.62. The summed E-state index contributed by atoms with van der Waals surface area (Å²) in [6.45, 7) is 7.37. The van der Waals surface area contributed by atoms with Crippen LogP contribution in [-0.2, 0) is 16.1 Å². The van der Waals surface area contributed by atoms with Crippen molar-refractivity contribution in [1.82, 2.24) is 15.2 Å². The van der Waals surface area contributed by atoms with Crippen LogP contribution >= 0.6 is 11.3 Å². The summed E-state index contributed by atoms with van der Waals surface area (Å²) in [4.78, 5) is 25.4. The first-order chi connectivity index (χ1) is 12.0. The van der Waals surface area contributed by atoms with Crippen molar-refractivity contribution in [1.29, 1.82) is 0 Å². The molecule has 0 atom stereocenters. The van der Waals surface area contributed by atoms with E-state index in [2.05, 4.69) is 27.5 Å². The third-order valence-corrected chi connectivity index (χ3v) is 5.12. The van der Waals surface area contributed by atoms with E-state index in [0.717, 1.165) is 49.3 Å². The van der Waals surface area contributed by atoms with Crippen LogP contribution in [0.2, 0.25) is 0 Å². The SMILES string of the molecule is CCNC(=NCc1csc(N(C)C)n1)N1CCC(C(=O)OCC)CC1. The minimum atomic E-state index is -0.0669. The van der Waals surface area contributed by atoms with Crippen molar-refractivity contribution in [3.8, 4) is 0 Å². The van der Waals surface area contributed by atoms with Crippen molar-refractivity contribution < 1.29 is 9.53 Å². The van der Waals surface area contributed by atoms with Gasteiger partial charge in [-0.3, -0.25) is 4.79 Å². The number of carbonyl (C=O) groups excluding carboxylic acids is 1. The number of hydrogen-bond donors (Lipinski definition) is 1. The van der Waals surface area contributed by atoms with Gasteiger partial charge >= 0.3 is 5.97 Å². The Labute approximate surface area is 154 Å². The molecule has 2 rings (SSSR count). The molecule has 7 nitrogen and oxygen atoms in total. The van der Waals surface area contributed by atoms with E-state index < -0.39 is 0 Å². The summed E-state index contributed by atoms with van der Waals surface area (Å²) < 4.78 is 5.14. The van der Waals surface area contributed by atoms with Crippen LogP contribution in [0.25, 0.3) is 0 Å². The van der Waals surface area contributed by atoms with E-state index in [1.807, 2.05) is 25.9 Å². The van der Waals surface area contributed by atoms with E-state index in [0.29, 0.717) is 13.2 Å². The van der Waals surface area contributed by atoms with Crippen LogP contribution in [0.1, 0.15) is 32.4 Å². The Morgan fingerprint density at radius 3 is 2.72 bits per heavy atom. The molecule has 0 aromatic carbocycles. The number of nitrogens with one attached hydrogen (secondary N) is 1. The number of guanidine groups is 1. The molecule has 25 heavy (non-hydrogen) atoms. The van der Waals surface area contributed by atoms with Gasteiger partial charge < -0.3 is 19.9 Å². The lowest BCUT2D eigenvalue weighted by atomic mass is 9.97. The molecule has 0 unspecified atom stereocenters. The van der Waals surface area contributed by atoms with E-state index >= 15 is 0 Å². The number of anilines is 1. The van der Waals surface area contributed by atoms with Gasteiger partial charge in [0, 0.05) is 39.1 Å². The largest absolute Gasteiger partial charge is 0.466 e. The lowest BCUT2D eigenvalue weighted by Crippen LogP contribution is -2.46. The minimum absolute atomic E-state index is 0.0141. The number of hydrogen-bond acceptors (Lipinski definition) is 6. The topological polar surface area (TPSA) is 70.1 Å². The molecule has 1 aliphatic rings. The second kappa shape index (κ2) is 9.60. The Balaban J connectivity index is 1.94. The van der Waals surface area contributed by atoms with Crippen molar-refractivity contribution in [3.05, 3.63) is 11.1 Å². The fourth-order valence-electron chi connectivity index (χ4n) is 2.74. The number of esters is 1. The maximum absolute atomic E-state index is 11.9. The molecule has 1 aromatic heterocycles. The zero-order chi connectivity index (χ0) is 18.2. The fraction of sp³-hybridized carbons (Fsp3) is 0.706. The third kappa shape index (κ3) is 5.59. The Hall–Kier alpha value is -1.83. The van der Waals surface area contributed by atoms with Gasteiger partial charge in [-0.1, -0.05) is 0 Å². The zero-order valence-electron chi connectivity index (χ0n) is 15.6. The first-order valence-electron chi connectivity index (χ1n) is 8.86. The molecule has 1 aromatic rings. The van der Waals surface area contributed by atoms with E-state index in [1.165, 1.54) is 0 Å². The van der Waals surface area contributed by atoms with E-state index in [-0.39, 0.29) is 11.9 Å². The number of ether oxygens (including phenoxy) is 1. The number of thiazole rings is 1. The lowest BCUT2D eigenvalue weighted by molar-refractivity contribution is -0.149. The molecule has 0 saturated carbocycles. The standard InChI is InChI=1S/C17H29N5O2S/c1-5-18-16(19-11-14-12-25-17(20-14)21(3)4)22-9-7-13(8-10-22)15(23)24-6-2/h12-13H,5-11H2,1-4H3,(H,18,19). The first kappa shape index (κ1) is 19.5. The lowest BCUT2D eigenvalue weighted by Gasteiger charge is -2.33. The number of nitrogens with zero attached hydrogens (tertiary/aromatic N) is 4. The van der Waals surface area contributed by atoms with Gasteiger partial charge in [-0.05, 0) is 26.7 Å². The summed E-state index contributed by atoms with van der Waals surface area (Å²) in [7, 11) is 3.98. The molecule has 8 heteroatoms. The summed E-state index contributed by atoms with van der Waals surface area (Å²) >= 11 is 1.63. The smallest absolute Gasteiger partial charge is 0.309 e. The van der Waals surface area contributed by atoms with Crippen molar-refractivity contribution in [2.45, 2.75) is 33.2 Å². The summed E-state index contributed by atoms with van der Waals surface area (Å²) in [5, 5.41) is 6.39. The molecule has 1 fully saturated rings. The molecule has 0 spiro atoms. The van der Waals surface area contributed by atoms with Crippen LogP contribution in [0, 0.1) is 5.92 Å². The van der Waals surface area contributed by atoms with Gasteiger partial charge in [-0.25, -0.2) is 9.98 Å². The molecule has 1 N–H and O–H groups in total. The average molecular weight is 368 g/mol. The van der Waals surface area contributed by atoms with Crippen LogP contribution in [0.3, 0.4) is 0 Å². The number of rotatable bonds is 6. The molecule has 0 radical (unpaired) electrons. The third-order valence-electron chi connectivity index (χ3n) is 4.06. The van der Waals surface area contributed by atoms with Crippen LogP contribution < -0.4 is 10.2 Å². The van der Waals surface area contributed by atoms with Gasteiger partial charge in [0.05, 0.1) is 24.8 Å². The van der Waals surface area contributed by atoms with Crippen LogP contribution in [0.15, 0.2) is 10.4 Å². The number of likely N-dealkylation sites (tertiary alicyclic amines) is 1. The molecule has 1 saturated heterocycles. The Kier molecular flexibility index (Phi) is 7.49. The highest BCUT2D eigenvalue weighted by molar-refractivity contribution is 7.13. The van der Waals surface area contributed by atoms with E-state index in [1.54, 1.807) is 11.3 Å². The van der Waals surface area contributed by atoms with Crippen LogP contribution in [0.4, 0.5) is 5.13 Å². The predicted molar refractivity (Wildman–Crippen MR) is 102 cm³/mol. The van der Waals surface area contributed by atoms with Gasteiger partial charge in [0.25, 0.3) is 0 Å². The Morgan fingerprint density at radius 2 is 2.16 bits per heavy atom. The van der Waals surface area contributed by atoms with Crippen LogP contribution in [-0.4, -0.2) is 62.1 Å². The fourth-order valence-corrected chi connectivity index (χ4v) is 3.49. The monoisotopic (exact) mass is 367 g/mol. The van der Waals surface area contributed by atoms with Crippen LogP contribution in [0.5, 0.6) is 0 Å². The molecular weight excluding hydrogens is 338 g/mol. The predicted octanol–water partition coefficient (Wildman–Crippen LogP) is 1.95. The first-order valence-corrected chi connectivity index (χ1v) is 9.74. The second-order valence-corrected chi connectivity index (χ2v) is 7.04. The van der Waals surface area contributed by atoms with Crippen molar-refractivity contribution in [2.75, 3.05) is 45.2 Å². The van der Waals surface area contributed by atoms with Gasteiger partial charge in [0.2, 0.25) is 0 Å². The number of carbonyl (C=O) groups is 1. The van der Waals surface area contributed by atoms with Gasteiger partial charge in [-0.15, -0.1) is 11.3 Å². The van der Waals surface area contributed by atoms with Crippen molar-refractivity contribution in [3.63, 3.8) is 0 Å². The highest BCUT2D eigenvalue weighted by Gasteiger charge is 2.27. The molecule has 0 aliphatic carbocycles. The molecule has 140 valence electrons. The highest BCUT2D eigenvalue weighted by Crippen LogP contribution is 2.20. The summed E-state index contributed by atoms with van der Waals surface area (Å²) in [5.41, 5.74) is 0.977. The molecular formula is C17H29N5O2S. The number of aromatic nitrogens is 1. The van der Waals surface area contributed by atoms with E-state index in [4.69, 9.17) is 9.73 Å². The number of piperidine rings is 1. The van der Waals surface area contributed by atoms with E-state index in [9.17, 15) is 4.79 Å². The van der Waals surface area contributed by atoms with Crippen molar-refractivity contribution in [2.24, 2.45) is 10.9 Å². The summed E-state index contributed by atoms with van der Waals surface area (Å²) in [6, 6.07) is 0. The van der Waals surface area contributed by atoms with Gasteiger partial charge in [-0.2, -0.15) is 0 Å². The zero-order valence-corrected chi connectivity index (χ0v) is 16.4.